The summed E-state index contributed by atoms with van der Waals surface area (Å²) in [7, 11) is 0. The molecule has 5 rings (SSSR count). The number of amides is 3. The number of nitrogens with one attached hydrogen (secondary N) is 2. The van der Waals surface area contributed by atoms with Gasteiger partial charge in [0.2, 0.25) is 11.8 Å². The van der Waals surface area contributed by atoms with Gasteiger partial charge in [-0.15, -0.1) is 0 Å². The van der Waals surface area contributed by atoms with E-state index in [9.17, 15) is 18.4 Å². The number of anilines is 3. The lowest BCUT2D eigenvalue weighted by molar-refractivity contribution is -0.0498. The summed E-state index contributed by atoms with van der Waals surface area (Å²) in [5.74, 6) is 0.372. The number of fused-ring (bicyclic) bond motifs is 1. The lowest BCUT2D eigenvalue weighted by Gasteiger charge is -2.34. The summed E-state index contributed by atoms with van der Waals surface area (Å²) in [5, 5.41) is 5.31. The summed E-state index contributed by atoms with van der Waals surface area (Å²) in [6.07, 6.45) is 0. The van der Waals surface area contributed by atoms with Crippen molar-refractivity contribution in [2.45, 2.75) is 45.9 Å². The molecule has 1 aromatic heterocycles. The van der Waals surface area contributed by atoms with Crippen molar-refractivity contribution < 1.29 is 32.6 Å². The number of halogens is 2. The van der Waals surface area contributed by atoms with Gasteiger partial charge < -0.3 is 34.6 Å². The third-order valence-corrected chi connectivity index (χ3v) is 7.05. The summed E-state index contributed by atoms with van der Waals surface area (Å²) in [6.45, 7) is 7.32. The van der Waals surface area contributed by atoms with Crippen LogP contribution in [0.1, 0.15) is 38.1 Å². The van der Waals surface area contributed by atoms with Crippen LogP contribution in [0.5, 0.6) is 11.6 Å². The van der Waals surface area contributed by atoms with Crippen LogP contribution in [0.15, 0.2) is 48.5 Å². The molecular weight excluding hydrogens is 562 g/mol. The van der Waals surface area contributed by atoms with Crippen LogP contribution in [-0.4, -0.2) is 77.9 Å². The lowest BCUT2D eigenvalue weighted by atomic mass is 10.0. The van der Waals surface area contributed by atoms with Gasteiger partial charge in [0, 0.05) is 36.1 Å². The number of urea groups is 1. The Hall–Kier alpha value is -4.52. The lowest BCUT2D eigenvalue weighted by Crippen LogP contribution is -2.44. The number of hydrogen-bond donors (Lipinski definition) is 2. The molecular formula is C30H34F2N6O5. The van der Waals surface area contributed by atoms with Crippen molar-refractivity contribution in [3.8, 4) is 22.9 Å². The van der Waals surface area contributed by atoms with Crippen LogP contribution in [0, 0.1) is 0 Å². The molecule has 0 radical (unpaired) electrons. The minimum atomic E-state index is -2.97. The monoisotopic (exact) mass is 596 g/mol. The SMILES string of the molecule is CCN1CC(C)(C)Oc2nc(N3CCOCC3C)nc(-c3ccc(NC(=O)Nc4cccc(OC(F)F)c4)cc3)c2C1=O. The van der Waals surface area contributed by atoms with Gasteiger partial charge in [0.15, 0.2) is 0 Å². The summed E-state index contributed by atoms with van der Waals surface area (Å²) < 4.78 is 41.4. The van der Waals surface area contributed by atoms with Gasteiger partial charge in [-0.25, -0.2) is 9.78 Å². The molecule has 2 aromatic carbocycles. The van der Waals surface area contributed by atoms with Crippen LogP contribution < -0.4 is 25.0 Å². The second kappa shape index (κ2) is 12.4. The minimum absolute atomic E-state index is 0.0222. The van der Waals surface area contributed by atoms with E-state index in [1.807, 2.05) is 32.6 Å². The molecule has 3 aromatic rings. The zero-order valence-electron chi connectivity index (χ0n) is 24.4. The van der Waals surface area contributed by atoms with Crippen LogP contribution in [0.3, 0.4) is 0 Å². The van der Waals surface area contributed by atoms with E-state index in [4.69, 9.17) is 19.4 Å². The summed E-state index contributed by atoms with van der Waals surface area (Å²) >= 11 is 0. The Labute approximate surface area is 248 Å². The first kappa shape index (κ1) is 30.0. The van der Waals surface area contributed by atoms with E-state index in [1.54, 1.807) is 35.2 Å². The van der Waals surface area contributed by atoms with Gasteiger partial charge >= 0.3 is 12.6 Å². The highest BCUT2D eigenvalue weighted by Crippen LogP contribution is 2.37. The quantitative estimate of drug-likeness (QED) is 0.380. The first-order valence-corrected chi connectivity index (χ1v) is 14.0. The number of hydrogen-bond acceptors (Lipinski definition) is 8. The standard InChI is InChI=1S/C30H34F2N6O5/c1-5-37-17-30(3,4)43-25-23(26(37)39)24(35-28(36-25)38-13-14-41-16-18(38)2)19-9-11-20(12-10-19)33-29(40)34-21-7-6-8-22(15-21)42-27(31)32/h6-12,15,18,27H,5,13-14,16-17H2,1-4H3,(H2,33,34,40). The van der Waals surface area contributed by atoms with E-state index >= 15 is 0 Å². The van der Waals surface area contributed by atoms with Gasteiger partial charge in [0.25, 0.3) is 5.91 Å². The molecule has 2 aliphatic rings. The van der Waals surface area contributed by atoms with Crippen molar-refractivity contribution in [2.75, 3.05) is 48.4 Å². The Morgan fingerprint density at radius 3 is 2.58 bits per heavy atom. The van der Waals surface area contributed by atoms with Crippen molar-refractivity contribution in [3.05, 3.63) is 54.1 Å². The van der Waals surface area contributed by atoms with Crippen LogP contribution in [0.2, 0.25) is 0 Å². The molecule has 3 heterocycles. The largest absolute Gasteiger partial charge is 0.469 e. The Bertz CT molecular complexity index is 1490. The van der Waals surface area contributed by atoms with Crippen LogP contribution in [0.4, 0.5) is 30.9 Å². The maximum absolute atomic E-state index is 13.8. The molecule has 13 heteroatoms. The normalized spacial score (nSPS) is 18.0. The van der Waals surface area contributed by atoms with Crippen molar-refractivity contribution in [1.82, 2.24) is 14.9 Å². The second-order valence-electron chi connectivity index (χ2n) is 10.9. The van der Waals surface area contributed by atoms with Gasteiger partial charge in [-0.1, -0.05) is 18.2 Å². The fraction of sp³-hybridized carbons (Fsp3) is 0.400. The van der Waals surface area contributed by atoms with Crippen LogP contribution in [-0.2, 0) is 4.74 Å². The Morgan fingerprint density at radius 2 is 1.88 bits per heavy atom. The van der Waals surface area contributed by atoms with E-state index in [2.05, 4.69) is 15.4 Å². The van der Waals surface area contributed by atoms with Gasteiger partial charge in [0.05, 0.1) is 31.5 Å². The van der Waals surface area contributed by atoms with Gasteiger partial charge in [-0.3, -0.25) is 4.79 Å². The van der Waals surface area contributed by atoms with Gasteiger partial charge in [-0.2, -0.15) is 13.8 Å². The van der Waals surface area contributed by atoms with Crippen LogP contribution >= 0.6 is 0 Å². The summed E-state index contributed by atoms with van der Waals surface area (Å²) in [4.78, 5) is 39.8. The average Bonchev–Trinajstić information content (AvgIpc) is 3.05. The van der Waals surface area contributed by atoms with E-state index in [1.165, 1.54) is 18.2 Å². The smallest absolute Gasteiger partial charge is 0.387 e. The molecule has 3 amide bonds. The van der Waals surface area contributed by atoms with E-state index in [0.717, 1.165) is 0 Å². The third kappa shape index (κ3) is 6.94. The third-order valence-electron chi connectivity index (χ3n) is 7.05. The molecule has 1 saturated heterocycles. The fourth-order valence-electron chi connectivity index (χ4n) is 5.05. The molecule has 1 unspecified atom stereocenters. The first-order valence-electron chi connectivity index (χ1n) is 14.0. The zero-order chi connectivity index (χ0) is 30.7. The number of rotatable bonds is 7. The molecule has 11 nitrogen and oxygen atoms in total. The fourth-order valence-corrected chi connectivity index (χ4v) is 5.05. The number of morpholine rings is 1. The number of carbonyl (C=O) groups is 2. The number of nitrogens with zero attached hydrogens (tertiary/aromatic N) is 4. The summed E-state index contributed by atoms with van der Waals surface area (Å²) in [5.41, 5.74) is 1.40. The number of ether oxygens (including phenoxy) is 3. The number of benzene rings is 2. The molecule has 0 spiro atoms. The van der Waals surface area contributed by atoms with E-state index in [-0.39, 0.29) is 34.8 Å². The molecule has 0 bridgehead atoms. The van der Waals surface area contributed by atoms with Crippen LogP contribution in [0.25, 0.3) is 11.3 Å². The predicted octanol–water partition coefficient (Wildman–Crippen LogP) is 5.25. The van der Waals surface area contributed by atoms with Gasteiger partial charge in [0.1, 0.15) is 16.9 Å². The second-order valence-corrected chi connectivity index (χ2v) is 10.9. The number of aromatic nitrogens is 2. The minimum Gasteiger partial charge on any atom is -0.469 e. The maximum atomic E-state index is 13.8. The topological polar surface area (TPSA) is 118 Å². The molecule has 2 aliphatic heterocycles. The number of carbonyl (C=O) groups excluding carboxylic acids is 2. The number of likely N-dealkylation sites (N-methyl/N-ethyl adjacent to an activating group) is 1. The molecule has 0 saturated carbocycles. The van der Waals surface area contributed by atoms with Gasteiger partial charge in [-0.05, 0) is 52.0 Å². The average molecular weight is 597 g/mol. The molecule has 43 heavy (non-hydrogen) atoms. The molecule has 0 aliphatic carbocycles. The Kier molecular flexibility index (Phi) is 8.62. The number of alkyl halides is 2. The van der Waals surface area contributed by atoms with Crippen molar-refractivity contribution in [3.63, 3.8) is 0 Å². The van der Waals surface area contributed by atoms with Crippen molar-refractivity contribution in [1.29, 1.82) is 0 Å². The van der Waals surface area contributed by atoms with Crippen molar-refractivity contribution >= 4 is 29.3 Å². The molecule has 2 N–H and O–H groups in total. The van der Waals surface area contributed by atoms with E-state index < -0.39 is 18.2 Å². The Morgan fingerprint density at radius 1 is 1.14 bits per heavy atom. The molecule has 228 valence electrons. The highest BCUT2D eigenvalue weighted by Gasteiger charge is 2.38. The predicted molar refractivity (Wildman–Crippen MR) is 157 cm³/mol. The summed E-state index contributed by atoms with van der Waals surface area (Å²) in [6, 6.07) is 12.0. The molecule has 1 atom stereocenters. The zero-order valence-corrected chi connectivity index (χ0v) is 24.4. The highest BCUT2D eigenvalue weighted by atomic mass is 19.3. The van der Waals surface area contributed by atoms with Crippen molar-refractivity contribution in [2.24, 2.45) is 0 Å². The first-order chi connectivity index (χ1) is 20.5. The Balaban J connectivity index is 1.45. The molecule has 1 fully saturated rings. The van der Waals surface area contributed by atoms with E-state index in [0.29, 0.717) is 55.7 Å². The maximum Gasteiger partial charge on any atom is 0.387 e. The highest BCUT2D eigenvalue weighted by molar-refractivity contribution is 6.03.